The number of amides is 1. The lowest BCUT2D eigenvalue weighted by atomic mass is 10.2. The van der Waals surface area contributed by atoms with Crippen LogP contribution >= 0.6 is 0 Å². The van der Waals surface area contributed by atoms with E-state index >= 15 is 0 Å². The third kappa shape index (κ3) is 3.23. The fourth-order valence-corrected chi connectivity index (χ4v) is 2.14. The van der Waals surface area contributed by atoms with Gasteiger partial charge in [0.25, 0.3) is 0 Å². The van der Waals surface area contributed by atoms with Gasteiger partial charge in [-0.3, -0.25) is 9.69 Å². The van der Waals surface area contributed by atoms with E-state index in [0.717, 1.165) is 0 Å². The first-order chi connectivity index (χ1) is 8.97. The van der Waals surface area contributed by atoms with E-state index in [4.69, 9.17) is 5.73 Å². The minimum Gasteiger partial charge on any atom is -0.399 e. The molecule has 1 amide bonds. The summed E-state index contributed by atoms with van der Waals surface area (Å²) < 4.78 is 0. The van der Waals surface area contributed by atoms with Crippen LogP contribution in [0.4, 0.5) is 11.4 Å². The van der Waals surface area contributed by atoms with Gasteiger partial charge in [-0.2, -0.15) is 0 Å². The highest BCUT2D eigenvalue weighted by Crippen LogP contribution is 2.16. The van der Waals surface area contributed by atoms with Crippen molar-refractivity contribution in [2.75, 3.05) is 24.1 Å². The summed E-state index contributed by atoms with van der Waals surface area (Å²) >= 11 is 0. The molecule has 5 N–H and O–H groups in total. The second-order valence-corrected chi connectivity index (χ2v) is 4.88. The van der Waals surface area contributed by atoms with Gasteiger partial charge in [-0.05, 0) is 25.1 Å². The molecule has 1 fully saturated rings. The third-order valence-corrected chi connectivity index (χ3v) is 3.37. The molecule has 3 atom stereocenters. The Morgan fingerprint density at radius 2 is 2.05 bits per heavy atom. The Kier molecular flexibility index (Phi) is 4.04. The van der Waals surface area contributed by atoms with Gasteiger partial charge in [0, 0.05) is 24.5 Å². The van der Waals surface area contributed by atoms with Crippen LogP contribution in [-0.2, 0) is 4.79 Å². The number of likely N-dealkylation sites (tertiary alicyclic amines) is 1. The molecule has 1 heterocycles. The topological polar surface area (TPSA) is 98.8 Å². The summed E-state index contributed by atoms with van der Waals surface area (Å²) in [5.41, 5.74) is 6.86. The predicted molar refractivity (Wildman–Crippen MR) is 72.5 cm³/mol. The first-order valence-electron chi connectivity index (χ1n) is 6.24. The van der Waals surface area contributed by atoms with Crippen LogP contribution in [0.3, 0.4) is 0 Å². The molecule has 1 aliphatic rings. The van der Waals surface area contributed by atoms with E-state index in [2.05, 4.69) is 5.32 Å². The number of nitrogens with two attached hydrogens (primary N) is 1. The first-order valence-corrected chi connectivity index (χ1v) is 6.24. The van der Waals surface area contributed by atoms with E-state index in [1.165, 1.54) is 0 Å². The van der Waals surface area contributed by atoms with Crippen LogP contribution in [0.25, 0.3) is 0 Å². The number of nitrogen functional groups attached to an aromatic ring is 1. The highest BCUT2D eigenvalue weighted by molar-refractivity contribution is 5.94. The number of hydrogen-bond acceptors (Lipinski definition) is 5. The number of nitrogens with one attached hydrogen (secondary N) is 1. The Bertz CT molecular complexity index is 456. The number of carbonyl (C=O) groups excluding carboxylic acids is 1. The van der Waals surface area contributed by atoms with E-state index in [-0.39, 0.29) is 5.91 Å². The molecule has 0 radical (unpaired) electrons. The Morgan fingerprint density at radius 1 is 1.42 bits per heavy atom. The molecule has 19 heavy (non-hydrogen) atoms. The van der Waals surface area contributed by atoms with Crippen molar-refractivity contribution >= 4 is 17.3 Å². The van der Waals surface area contributed by atoms with Gasteiger partial charge in [-0.1, -0.05) is 6.07 Å². The SMILES string of the molecule is CC(C(=O)Nc1cccc(N)c1)N1CC(O)C(O)C1. The predicted octanol–water partition coefficient (Wildman–Crippen LogP) is -0.367. The van der Waals surface area contributed by atoms with Crippen LogP contribution in [0, 0.1) is 0 Å². The van der Waals surface area contributed by atoms with Gasteiger partial charge >= 0.3 is 0 Å². The number of anilines is 2. The highest BCUT2D eigenvalue weighted by Gasteiger charge is 2.34. The normalized spacial score (nSPS) is 25.2. The highest BCUT2D eigenvalue weighted by atomic mass is 16.3. The van der Waals surface area contributed by atoms with Crippen LogP contribution < -0.4 is 11.1 Å². The maximum absolute atomic E-state index is 12.1. The van der Waals surface area contributed by atoms with Crippen LogP contribution in [0.1, 0.15) is 6.92 Å². The van der Waals surface area contributed by atoms with Crippen molar-refractivity contribution in [3.63, 3.8) is 0 Å². The van der Waals surface area contributed by atoms with Gasteiger partial charge in [0.2, 0.25) is 5.91 Å². The van der Waals surface area contributed by atoms with Gasteiger partial charge in [-0.15, -0.1) is 0 Å². The molecule has 1 saturated heterocycles. The monoisotopic (exact) mass is 265 g/mol. The van der Waals surface area contributed by atoms with Gasteiger partial charge < -0.3 is 21.3 Å². The molecule has 0 aromatic heterocycles. The van der Waals surface area contributed by atoms with E-state index in [1.807, 2.05) is 0 Å². The minimum atomic E-state index is -0.789. The number of benzene rings is 1. The fourth-order valence-electron chi connectivity index (χ4n) is 2.14. The van der Waals surface area contributed by atoms with Crippen LogP contribution in [0.5, 0.6) is 0 Å². The van der Waals surface area contributed by atoms with Crippen molar-refractivity contribution in [1.82, 2.24) is 4.90 Å². The van der Waals surface area contributed by atoms with Crippen molar-refractivity contribution in [2.45, 2.75) is 25.2 Å². The average Bonchev–Trinajstić information content (AvgIpc) is 2.68. The van der Waals surface area contributed by atoms with E-state index in [1.54, 1.807) is 36.1 Å². The molecule has 1 aromatic rings. The number of β-amino-alcohol motifs (C(OH)–C–C–N with tert-alkyl or cyclic N) is 2. The quantitative estimate of drug-likeness (QED) is 0.559. The Morgan fingerprint density at radius 3 is 2.63 bits per heavy atom. The van der Waals surface area contributed by atoms with Gasteiger partial charge in [0.05, 0.1) is 18.2 Å². The summed E-state index contributed by atoms with van der Waals surface area (Å²) in [6.45, 7) is 2.34. The van der Waals surface area contributed by atoms with Gasteiger partial charge in [0.15, 0.2) is 0 Å². The number of aliphatic hydroxyl groups excluding tert-OH is 2. The molecular weight excluding hydrogens is 246 g/mol. The summed E-state index contributed by atoms with van der Waals surface area (Å²) in [6.07, 6.45) is -1.58. The van der Waals surface area contributed by atoms with E-state index in [0.29, 0.717) is 24.5 Å². The zero-order chi connectivity index (χ0) is 14.0. The lowest BCUT2D eigenvalue weighted by molar-refractivity contribution is -0.120. The number of hydrogen-bond donors (Lipinski definition) is 4. The molecule has 0 aliphatic carbocycles. The van der Waals surface area contributed by atoms with Gasteiger partial charge in [-0.25, -0.2) is 0 Å². The third-order valence-electron chi connectivity index (χ3n) is 3.37. The summed E-state index contributed by atoms with van der Waals surface area (Å²) in [6, 6.07) is 6.52. The molecule has 6 heteroatoms. The second kappa shape index (κ2) is 5.56. The molecule has 0 bridgehead atoms. The Labute approximate surface area is 111 Å². The van der Waals surface area contributed by atoms with Crippen molar-refractivity contribution in [1.29, 1.82) is 0 Å². The molecule has 1 aliphatic heterocycles. The van der Waals surface area contributed by atoms with Crippen LogP contribution in [0.15, 0.2) is 24.3 Å². The molecule has 6 nitrogen and oxygen atoms in total. The number of carbonyl (C=O) groups is 1. The van der Waals surface area contributed by atoms with Crippen LogP contribution in [0.2, 0.25) is 0 Å². The fraction of sp³-hybridized carbons (Fsp3) is 0.462. The summed E-state index contributed by atoms with van der Waals surface area (Å²) in [7, 11) is 0. The minimum absolute atomic E-state index is 0.188. The standard InChI is InChI=1S/C13H19N3O3/c1-8(16-6-11(17)12(18)7-16)13(19)15-10-4-2-3-9(14)5-10/h2-5,8,11-12,17-18H,6-7,14H2,1H3,(H,15,19). The summed E-state index contributed by atoms with van der Waals surface area (Å²) in [4.78, 5) is 13.8. The molecule has 104 valence electrons. The Hall–Kier alpha value is -1.63. The van der Waals surface area contributed by atoms with Crippen molar-refractivity contribution in [3.05, 3.63) is 24.3 Å². The summed E-state index contributed by atoms with van der Waals surface area (Å²) in [5.74, 6) is -0.188. The molecular formula is C13H19N3O3. The van der Waals surface area contributed by atoms with Crippen LogP contribution in [-0.4, -0.2) is 52.4 Å². The number of nitrogens with zero attached hydrogens (tertiary/aromatic N) is 1. The molecule has 2 rings (SSSR count). The van der Waals surface area contributed by atoms with E-state index < -0.39 is 18.2 Å². The lowest BCUT2D eigenvalue weighted by Gasteiger charge is -2.22. The lowest BCUT2D eigenvalue weighted by Crippen LogP contribution is -2.41. The molecule has 1 aromatic carbocycles. The average molecular weight is 265 g/mol. The molecule has 3 unspecified atom stereocenters. The Balaban J connectivity index is 1.96. The maximum atomic E-state index is 12.1. The molecule has 0 saturated carbocycles. The smallest absolute Gasteiger partial charge is 0.241 e. The first kappa shape index (κ1) is 13.8. The number of aliphatic hydroxyl groups is 2. The zero-order valence-corrected chi connectivity index (χ0v) is 10.8. The maximum Gasteiger partial charge on any atom is 0.241 e. The van der Waals surface area contributed by atoms with Crippen molar-refractivity contribution < 1.29 is 15.0 Å². The molecule has 0 spiro atoms. The largest absolute Gasteiger partial charge is 0.399 e. The zero-order valence-electron chi connectivity index (χ0n) is 10.8. The van der Waals surface area contributed by atoms with Gasteiger partial charge in [0.1, 0.15) is 0 Å². The summed E-state index contributed by atoms with van der Waals surface area (Å²) in [5, 5.41) is 21.7. The second-order valence-electron chi connectivity index (χ2n) is 4.88. The van der Waals surface area contributed by atoms with E-state index in [9.17, 15) is 15.0 Å². The number of rotatable bonds is 3. The van der Waals surface area contributed by atoms with Crippen molar-refractivity contribution in [2.24, 2.45) is 0 Å². The van der Waals surface area contributed by atoms with Crippen molar-refractivity contribution in [3.8, 4) is 0 Å².